The standard InChI is InChI=1S/C33H32NO5P/c1-2-38-32(36)31(30(35)23-24-34-33(37)39-25-26-15-7-3-8-16-26)40(27-17-9-4-10-18-27,28-19-11-5-12-20-28)29-21-13-6-14-22-29/h3-22H,2,23-25H2,1H3,(H,34,37). The van der Waals surface area contributed by atoms with Crippen LogP contribution >= 0.6 is 6.89 Å². The number of hydrogen-bond acceptors (Lipinski definition) is 5. The Bertz CT molecular complexity index is 1370. The van der Waals surface area contributed by atoms with Gasteiger partial charge in [-0.15, -0.1) is 0 Å². The summed E-state index contributed by atoms with van der Waals surface area (Å²) in [6.07, 6.45) is -0.729. The molecule has 0 aliphatic rings. The van der Waals surface area contributed by atoms with E-state index in [0.717, 1.165) is 21.5 Å². The smallest absolute Gasteiger partial charge is 0.407 e. The lowest BCUT2D eigenvalue weighted by Gasteiger charge is -2.31. The molecule has 0 aliphatic carbocycles. The van der Waals surface area contributed by atoms with Crippen LogP contribution in [0.3, 0.4) is 0 Å². The number of ether oxygens (including phenoxy) is 2. The Morgan fingerprint density at radius 3 is 1.55 bits per heavy atom. The van der Waals surface area contributed by atoms with E-state index in [9.17, 15) is 14.4 Å². The molecule has 0 radical (unpaired) electrons. The molecule has 0 fully saturated rings. The maximum absolute atomic E-state index is 14.1. The number of esters is 1. The van der Waals surface area contributed by atoms with Crippen molar-refractivity contribution in [2.45, 2.75) is 20.0 Å². The van der Waals surface area contributed by atoms with Crippen LogP contribution < -0.4 is 21.2 Å². The molecule has 1 amide bonds. The first-order valence-corrected chi connectivity index (χ1v) is 14.9. The molecular formula is C33H32NO5P. The average molecular weight is 554 g/mol. The summed E-state index contributed by atoms with van der Waals surface area (Å²) in [6, 6.07) is 38.3. The van der Waals surface area contributed by atoms with Crippen LogP contribution in [0.2, 0.25) is 0 Å². The third kappa shape index (κ3) is 6.59. The largest absolute Gasteiger partial charge is 0.462 e. The van der Waals surface area contributed by atoms with Gasteiger partial charge >= 0.3 is 12.1 Å². The summed E-state index contributed by atoms with van der Waals surface area (Å²) in [7, 11) is 0. The van der Waals surface area contributed by atoms with Gasteiger partial charge in [0.1, 0.15) is 11.9 Å². The maximum Gasteiger partial charge on any atom is 0.407 e. The highest BCUT2D eigenvalue weighted by molar-refractivity contribution is 7.97. The van der Waals surface area contributed by atoms with Crippen LogP contribution in [-0.2, 0) is 25.7 Å². The zero-order valence-electron chi connectivity index (χ0n) is 22.4. The fourth-order valence-corrected chi connectivity index (χ4v) is 8.95. The van der Waals surface area contributed by atoms with Crippen molar-refractivity contribution in [3.8, 4) is 0 Å². The zero-order chi connectivity index (χ0) is 28.2. The van der Waals surface area contributed by atoms with Crippen molar-refractivity contribution < 1.29 is 23.9 Å². The average Bonchev–Trinajstić information content (AvgIpc) is 3.00. The van der Waals surface area contributed by atoms with E-state index in [1.807, 2.05) is 121 Å². The lowest BCUT2D eigenvalue weighted by Crippen LogP contribution is -2.39. The second kappa shape index (κ2) is 14.1. The highest BCUT2D eigenvalue weighted by Crippen LogP contribution is 2.46. The first kappa shape index (κ1) is 28.6. The third-order valence-corrected chi connectivity index (χ3v) is 10.7. The topological polar surface area (TPSA) is 81.7 Å². The molecule has 4 aromatic rings. The molecule has 0 saturated heterocycles. The molecule has 1 N–H and O–H groups in total. The van der Waals surface area contributed by atoms with Crippen LogP contribution in [0, 0.1) is 0 Å². The fraction of sp³-hybridized carbons (Fsp3) is 0.152. The van der Waals surface area contributed by atoms with Crippen molar-refractivity contribution in [1.82, 2.24) is 5.32 Å². The first-order chi connectivity index (χ1) is 19.6. The lowest BCUT2D eigenvalue weighted by molar-refractivity contribution is -0.135. The molecular weight excluding hydrogens is 521 g/mol. The number of nitrogens with one attached hydrogen (secondary N) is 1. The van der Waals surface area contributed by atoms with Gasteiger partial charge in [-0.3, -0.25) is 4.79 Å². The summed E-state index contributed by atoms with van der Waals surface area (Å²) in [4.78, 5) is 40.2. The summed E-state index contributed by atoms with van der Waals surface area (Å²) in [5, 5.41) is 5.32. The van der Waals surface area contributed by atoms with Gasteiger partial charge in [0.2, 0.25) is 0 Å². The Kier molecular flexibility index (Phi) is 10.1. The number of amides is 1. The normalized spacial score (nSPS) is 10.8. The Hall–Kier alpha value is -4.41. The highest BCUT2D eigenvalue weighted by atomic mass is 31.2. The van der Waals surface area contributed by atoms with Crippen LogP contribution in [0.1, 0.15) is 18.9 Å². The van der Waals surface area contributed by atoms with Gasteiger partial charge in [-0.2, -0.15) is 0 Å². The van der Waals surface area contributed by atoms with Gasteiger partial charge in [0.15, 0.2) is 5.78 Å². The molecule has 4 rings (SSSR count). The van der Waals surface area contributed by atoms with Crippen LogP contribution in [0.4, 0.5) is 4.79 Å². The molecule has 0 unspecified atom stereocenters. The van der Waals surface area contributed by atoms with Crippen molar-refractivity contribution in [1.29, 1.82) is 0 Å². The van der Waals surface area contributed by atoms with Gasteiger partial charge in [-0.25, -0.2) is 9.59 Å². The van der Waals surface area contributed by atoms with E-state index in [2.05, 4.69) is 5.32 Å². The summed E-state index contributed by atoms with van der Waals surface area (Å²) in [5.74, 6) is -1.03. The molecule has 0 heterocycles. The van der Waals surface area contributed by atoms with E-state index < -0.39 is 18.9 Å². The Morgan fingerprint density at radius 1 is 0.650 bits per heavy atom. The Balaban J connectivity index is 1.77. The van der Waals surface area contributed by atoms with Crippen molar-refractivity contribution in [2.75, 3.05) is 13.2 Å². The van der Waals surface area contributed by atoms with E-state index in [1.165, 1.54) is 0 Å². The van der Waals surface area contributed by atoms with Crippen LogP contribution in [0.25, 0.3) is 0 Å². The van der Waals surface area contributed by atoms with Gasteiger partial charge in [0.25, 0.3) is 0 Å². The molecule has 0 aromatic heterocycles. The SMILES string of the molecule is CCOC(=O)C(C(=O)CCNC(=O)OCc1ccccc1)=P(c1ccccc1)(c1ccccc1)c1ccccc1. The summed E-state index contributed by atoms with van der Waals surface area (Å²) < 4.78 is 10.8. The number of Topliss-reactive ketones (excluding diaryl/α,β-unsaturated/α-hetero) is 1. The van der Waals surface area contributed by atoms with E-state index in [0.29, 0.717) is 0 Å². The fourth-order valence-electron chi connectivity index (χ4n) is 4.60. The van der Waals surface area contributed by atoms with Crippen LogP contribution in [0.15, 0.2) is 121 Å². The molecule has 0 bridgehead atoms. The van der Waals surface area contributed by atoms with E-state index in [4.69, 9.17) is 9.47 Å². The number of rotatable bonds is 11. The van der Waals surface area contributed by atoms with E-state index in [1.54, 1.807) is 6.92 Å². The molecule has 0 spiro atoms. The summed E-state index contributed by atoms with van der Waals surface area (Å²) in [6.45, 7) is -1.01. The van der Waals surface area contributed by atoms with Gasteiger partial charge < -0.3 is 14.8 Å². The van der Waals surface area contributed by atoms with Gasteiger partial charge in [-0.1, -0.05) is 121 Å². The van der Waals surface area contributed by atoms with Crippen molar-refractivity contribution >= 4 is 45.9 Å². The second-order valence-electron chi connectivity index (χ2n) is 8.91. The molecule has 0 atom stereocenters. The quantitative estimate of drug-likeness (QED) is 0.167. The summed E-state index contributed by atoms with van der Waals surface area (Å²) in [5.41, 5.74) is 0.856. The predicted molar refractivity (Wildman–Crippen MR) is 161 cm³/mol. The third-order valence-electron chi connectivity index (χ3n) is 6.33. The van der Waals surface area contributed by atoms with Gasteiger partial charge in [0, 0.05) is 13.0 Å². The number of carbonyl (C=O) groups excluding carboxylic acids is 3. The van der Waals surface area contributed by atoms with Crippen LogP contribution in [-0.4, -0.2) is 36.3 Å². The number of carbonyl (C=O) groups is 3. The van der Waals surface area contributed by atoms with Crippen molar-refractivity contribution in [2.24, 2.45) is 0 Å². The number of ketones is 1. The predicted octanol–water partition coefficient (Wildman–Crippen LogP) is 4.60. The highest BCUT2D eigenvalue weighted by Gasteiger charge is 2.37. The second-order valence-corrected chi connectivity index (χ2v) is 12.2. The minimum absolute atomic E-state index is 0.00767. The van der Waals surface area contributed by atoms with Gasteiger partial charge in [-0.05, 0) is 35.3 Å². The minimum Gasteiger partial charge on any atom is -0.462 e. The van der Waals surface area contributed by atoms with E-state index >= 15 is 0 Å². The van der Waals surface area contributed by atoms with Crippen molar-refractivity contribution in [3.05, 3.63) is 127 Å². The molecule has 40 heavy (non-hydrogen) atoms. The number of hydrogen-bond donors (Lipinski definition) is 1. The maximum atomic E-state index is 14.1. The lowest BCUT2D eigenvalue weighted by atomic mass is 10.2. The van der Waals surface area contributed by atoms with Crippen molar-refractivity contribution in [3.63, 3.8) is 0 Å². The summed E-state index contributed by atoms with van der Waals surface area (Å²) >= 11 is 0. The molecule has 204 valence electrons. The number of alkyl carbamates (subject to hydrolysis) is 1. The first-order valence-electron chi connectivity index (χ1n) is 13.2. The molecule has 4 aromatic carbocycles. The Morgan fingerprint density at radius 2 is 1.10 bits per heavy atom. The molecule has 6 nitrogen and oxygen atoms in total. The van der Waals surface area contributed by atoms with E-state index in [-0.39, 0.29) is 37.3 Å². The number of benzene rings is 4. The molecule has 0 aliphatic heterocycles. The zero-order valence-corrected chi connectivity index (χ0v) is 23.3. The minimum atomic E-state index is -2.97. The molecule has 7 heteroatoms. The van der Waals surface area contributed by atoms with Gasteiger partial charge in [0.05, 0.1) is 6.61 Å². The Labute approximate surface area is 234 Å². The van der Waals surface area contributed by atoms with Crippen LogP contribution in [0.5, 0.6) is 0 Å². The molecule has 0 saturated carbocycles. The monoisotopic (exact) mass is 553 g/mol.